The van der Waals surface area contributed by atoms with E-state index in [-0.39, 0.29) is 28.1 Å². The molecule has 1 saturated heterocycles. The van der Waals surface area contributed by atoms with Gasteiger partial charge in [-0.25, -0.2) is 8.42 Å². The van der Waals surface area contributed by atoms with Gasteiger partial charge in [0.15, 0.2) is 9.84 Å². The van der Waals surface area contributed by atoms with Gasteiger partial charge in [0.05, 0.1) is 40.4 Å². The SMILES string of the molecule is CC1=Nc2c(Nc3ccc([C@H]4CCC(C)(C)CO4)cc3S(C)(=O)=O)cc(CC(=O)C3CC3)nc2C1. The third kappa shape index (κ3) is 5.33. The third-order valence-electron chi connectivity index (χ3n) is 7.04. The molecule has 1 saturated carbocycles. The molecule has 2 aromatic rings. The zero-order valence-electron chi connectivity index (χ0n) is 20.8. The Morgan fingerprint density at radius 3 is 2.60 bits per heavy atom. The minimum atomic E-state index is -3.52. The van der Waals surface area contributed by atoms with E-state index in [9.17, 15) is 13.2 Å². The van der Waals surface area contributed by atoms with E-state index in [1.54, 1.807) is 6.07 Å². The standard InChI is InChI=1S/C27H33N3O4S/c1-16-11-21-26(28-16)22(13-19(29-21)14-23(31)17-5-6-17)30-20-8-7-18(12-25(20)35(4,32)33)24-9-10-27(2,3)15-34-24/h7-8,12-13,17,24H,5-6,9-11,14-15H2,1-4H3,(H,29,30)/t24-/m1/s1. The van der Waals surface area contributed by atoms with Gasteiger partial charge in [0.25, 0.3) is 0 Å². The first kappa shape index (κ1) is 24.1. The van der Waals surface area contributed by atoms with Crippen LogP contribution in [0, 0.1) is 11.3 Å². The second kappa shape index (κ2) is 8.82. The van der Waals surface area contributed by atoms with Crippen molar-refractivity contribution in [2.45, 2.75) is 70.3 Å². The molecule has 0 radical (unpaired) electrons. The first-order chi connectivity index (χ1) is 16.5. The van der Waals surface area contributed by atoms with Gasteiger partial charge in [-0.15, -0.1) is 0 Å². The molecule has 0 unspecified atom stereocenters. The maximum absolute atomic E-state index is 12.8. The summed E-state index contributed by atoms with van der Waals surface area (Å²) in [6.45, 7) is 6.96. The fourth-order valence-corrected chi connectivity index (χ4v) is 5.71. The first-order valence-electron chi connectivity index (χ1n) is 12.3. The zero-order valence-corrected chi connectivity index (χ0v) is 21.7. The Hall–Kier alpha value is -2.58. The van der Waals surface area contributed by atoms with Crippen molar-refractivity contribution in [2.24, 2.45) is 16.3 Å². The Balaban J connectivity index is 1.48. The minimum absolute atomic E-state index is 0.116. The number of benzene rings is 1. The molecule has 1 aromatic heterocycles. The summed E-state index contributed by atoms with van der Waals surface area (Å²) in [6.07, 6.45) is 5.83. The van der Waals surface area contributed by atoms with Crippen LogP contribution in [0.1, 0.15) is 69.5 Å². The molecular weight excluding hydrogens is 462 g/mol. The summed E-state index contributed by atoms with van der Waals surface area (Å²) >= 11 is 0. The van der Waals surface area contributed by atoms with Crippen molar-refractivity contribution < 1.29 is 17.9 Å². The van der Waals surface area contributed by atoms with Crippen LogP contribution in [-0.4, -0.2) is 37.8 Å². The highest BCUT2D eigenvalue weighted by atomic mass is 32.2. The highest BCUT2D eigenvalue weighted by Gasteiger charge is 2.31. The van der Waals surface area contributed by atoms with Gasteiger partial charge in [0.1, 0.15) is 11.5 Å². The first-order valence-corrected chi connectivity index (χ1v) is 14.2. The molecule has 3 aliphatic rings. The lowest BCUT2D eigenvalue weighted by atomic mass is 9.84. The van der Waals surface area contributed by atoms with Gasteiger partial charge in [0.2, 0.25) is 0 Å². The van der Waals surface area contributed by atoms with Crippen molar-refractivity contribution in [1.29, 1.82) is 0 Å². The molecule has 0 bridgehead atoms. The van der Waals surface area contributed by atoms with Crippen molar-refractivity contribution in [3.63, 3.8) is 0 Å². The molecule has 3 heterocycles. The van der Waals surface area contributed by atoms with E-state index < -0.39 is 9.84 Å². The number of nitrogens with one attached hydrogen (secondary N) is 1. The molecule has 0 spiro atoms. The molecule has 1 N–H and O–H groups in total. The smallest absolute Gasteiger partial charge is 0.177 e. The molecule has 35 heavy (non-hydrogen) atoms. The van der Waals surface area contributed by atoms with E-state index in [4.69, 9.17) is 9.72 Å². The molecule has 1 atom stereocenters. The number of aliphatic imine (C=N–C) groups is 1. The van der Waals surface area contributed by atoms with E-state index in [0.717, 1.165) is 42.7 Å². The number of rotatable bonds is 7. The summed E-state index contributed by atoms with van der Waals surface area (Å²) in [7, 11) is -3.52. The maximum atomic E-state index is 12.8. The Morgan fingerprint density at radius 2 is 1.94 bits per heavy atom. The number of hydrogen-bond donors (Lipinski definition) is 1. The number of carbonyl (C=O) groups excluding carboxylic acids is 1. The molecule has 2 aliphatic heterocycles. The molecule has 2 fully saturated rings. The lowest BCUT2D eigenvalue weighted by Crippen LogP contribution is -2.27. The van der Waals surface area contributed by atoms with Gasteiger partial charge in [-0.05, 0) is 61.8 Å². The van der Waals surface area contributed by atoms with E-state index >= 15 is 0 Å². The zero-order chi connectivity index (χ0) is 25.0. The predicted octanol–water partition coefficient (Wildman–Crippen LogP) is 5.28. The molecular formula is C27H33N3O4S. The molecule has 1 aromatic carbocycles. The molecule has 186 valence electrons. The topological polar surface area (TPSA) is 97.7 Å². The molecule has 7 nitrogen and oxygen atoms in total. The van der Waals surface area contributed by atoms with Crippen molar-refractivity contribution in [3.8, 4) is 0 Å². The molecule has 0 amide bonds. The average molecular weight is 496 g/mol. The maximum Gasteiger partial charge on any atom is 0.177 e. The lowest BCUT2D eigenvalue weighted by molar-refractivity contribution is -0.119. The van der Waals surface area contributed by atoms with Gasteiger partial charge in [0, 0.05) is 30.7 Å². The monoisotopic (exact) mass is 495 g/mol. The van der Waals surface area contributed by atoms with Crippen molar-refractivity contribution in [2.75, 3.05) is 18.2 Å². The lowest BCUT2D eigenvalue weighted by Gasteiger charge is -2.35. The number of carbonyl (C=O) groups is 1. The minimum Gasteiger partial charge on any atom is -0.373 e. The van der Waals surface area contributed by atoms with Crippen molar-refractivity contribution >= 4 is 38.4 Å². The summed E-state index contributed by atoms with van der Waals surface area (Å²) in [6, 6.07) is 7.32. The third-order valence-corrected chi connectivity index (χ3v) is 8.17. The fourth-order valence-electron chi connectivity index (χ4n) is 4.84. The largest absolute Gasteiger partial charge is 0.373 e. The van der Waals surface area contributed by atoms with Crippen molar-refractivity contribution in [3.05, 3.63) is 41.2 Å². The van der Waals surface area contributed by atoms with Crippen LogP contribution in [0.3, 0.4) is 0 Å². The van der Waals surface area contributed by atoms with Crippen LogP contribution in [0.25, 0.3) is 0 Å². The Morgan fingerprint density at radius 1 is 1.17 bits per heavy atom. The average Bonchev–Trinajstić information content (AvgIpc) is 3.55. The van der Waals surface area contributed by atoms with Crippen LogP contribution in [0.2, 0.25) is 0 Å². The van der Waals surface area contributed by atoms with E-state index in [0.29, 0.717) is 42.2 Å². The van der Waals surface area contributed by atoms with E-state index in [1.807, 2.05) is 25.1 Å². The number of pyridine rings is 1. The van der Waals surface area contributed by atoms with Gasteiger partial charge in [-0.1, -0.05) is 19.9 Å². The number of ketones is 1. The Bertz CT molecular complexity index is 1320. The quantitative estimate of drug-likeness (QED) is 0.561. The number of aromatic nitrogens is 1. The summed E-state index contributed by atoms with van der Waals surface area (Å²) in [5.41, 5.74) is 5.35. The second-order valence-electron chi connectivity index (χ2n) is 11.1. The van der Waals surface area contributed by atoms with Crippen LogP contribution in [0.5, 0.6) is 0 Å². The summed E-state index contributed by atoms with van der Waals surface area (Å²) in [4.78, 5) is 22.0. The highest BCUT2D eigenvalue weighted by Crippen LogP contribution is 2.41. The number of nitrogens with zero attached hydrogens (tertiary/aromatic N) is 2. The number of anilines is 2. The van der Waals surface area contributed by atoms with E-state index in [1.165, 1.54) is 6.26 Å². The number of hydrogen-bond acceptors (Lipinski definition) is 7. The predicted molar refractivity (Wildman–Crippen MR) is 137 cm³/mol. The summed E-state index contributed by atoms with van der Waals surface area (Å²) in [5, 5.41) is 3.32. The van der Waals surface area contributed by atoms with Crippen LogP contribution < -0.4 is 5.32 Å². The normalized spacial score (nSPS) is 21.4. The number of ether oxygens (including phenoxy) is 1. The second-order valence-corrected chi connectivity index (χ2v) is 13.0. The van der Waals surface area contributed by atoms with Crippen LogP contribution in [0.15, 0.2) is 34.2 Å². The Kier molecular flexibility index (Phi) is 6.08. The van der Waals surface area contributed by atoms with Gasteiger partial charge in [-0.3, -0.25) is 14.8 Å². The number of sulfone groups is 1. The van der Waals surface area contributed by atoms with Gasteiger partial charge < -0.3 is 10.1 Å². The van der Waals surface area contributed by atoms with Crippen LogP contribution in [-0.2, 0) is 32.2 Å². The van der Waals surface area contributed by atoms with Crippen LogP contribution >= 0.6 is 0 Å². The Labute approximate surface area is 207 Å². The number of fused-ring (bicyclic) bond motifs is 1. The number of Topliss-reactive ketones (excluding diaryl/α,β-unsaturated/α-hetero) is 1. The van der Waals surface area contributed by atoms with Crippen molar-refractivity contribution in [1.82, 2.24) is 4.98 Å². The summed E-state index contributed by atoms with van der Waals surface area (Å²) in [5.74, 6) is 0.382. The van der Waals surface area contributed by atoms with Gasteiger partial charge >= 0.3 is 0 Å². The highest BCUT2D eigenvalue weighted by molar-refractivity contribution is 7.90. The molecule has 8 heteroatoms. The van der Waals surface area contributed by atoms with Gasteiger partial charge in [-0.2, -0.15) is 0 Å². The molecule has 5 rings (SSSR count). The fraction of sp³-hybridized carbons (Fsp3) is 0.519. The summed E-state index contributed by atoms with van der Waals surface area (Å²) < 4.78 is 31.7. The van der Waals surface area contributed by atoms with Crippen LogP contribution in [0.4, 0.5) is 17.1 Å². The van der Waals surface area contributed by atoms with E-state index in [2.05, 4.69) is 24.2 Å². The molecule has 1 aliphatic carbocycles.